The maximum absolute atomic E-state index is 11.7. The predicted octanol–water partition coefficient (Wildman–Crippen LogP) is 2.76. The monoisotopic (exact) mass is 284 g/mol. The van der Waals surface area contributed by atoms with Crippen LogP contribution in [0.3, 0.4) is 0 Å². The number of amides is 2. The number of carboxylic acids is 1. The molecule has 0 saturated heterocycles. The van der Waals surface area contributed by atoms with Crippen LogP contribution in [0.15, 0.2) is 0 Å². The van der Waals surface area contributed by atoms with E-state index in [0.717, 1.165) is 32.1 Å². The average molecular weight is 284 g/mol. The highest BCUT2D eigenvalue weighted by Crippen LogP contribution is 2.31. The Kier molecular flexibility index (Phi) is 7.41. The van der Waals surface area contributed by atoms with Gasteiger partial charge in [0.1, 0.15) is 0 Å². The van der Waals surface area contributed by atoms with E-state index in [9.17, 15) is 9.59 Å². The summed E-state index contributed by atoms with van der Waals surface area (Å²) in [5, 5.41) is 14.8. The summed E-state index contributed by atoms with van der Waals surface area (Å²) in [4.78, 5) is 22.8. The van der Waals surface area contributed by atoms with Gasteiger partial charge in [-0.2, -0.15) is 0 Å². The van der Waals surface area contributed by atoms with Gasteiger partial charge in [-0.1, -0.05) is 32.6 Å². The normalized spacial score (nSPS) is 23.3. The molecule has 3 unspecified atom stereocenters. The van der Waals surface area contributed by atoms with E-state index in [1.807, 2.05) is 6.92 Å². The zero-order valence-corrected chi connectivity index (χ0v) is 12.7. The standard InChI is InChI=1S/C15H28N2O3/c1-3-4-5-7-11(2)17-15(20)16-10-12-8-6-9-13(12)14(18)19/h11-13H,3-10H2,1-2H3,(H,18,19)(H2,16,17,20). The summed E-state index contributed by atoms with van der Waals surface area (Å²) in [6.07, 6.45) is 7.05. The molecule has 3 atom stereocenters. The van der Waals surface area contributed by atoms with Crippen LogP contribution in [0, 0.1) is 11.8 Å². The van der Waals surface area contributed by atoms with Crippen molar-refractivity contribution < 1.29 is 14.7 Å². The van der Waals surface area contributed by atoms with Crippen LogP contribution in [0.25, 0.3) is 0 Å². The highest BCUT2D eigenvalue weighted by molar-refractivity contribution is 5.74. The first-order valence-electron chi connectivity index (χ1n) is 7.81. The largest absolute Gasteiger partial charge is 0.481 e. The van der Waals surface area contributed by atoms with Crippen LogP contribution in [0.5, 0.6) is 0 Å². The lowest BCUT2D eigenvalue weighted by Gasteiger charge is -2.18. The van der Waals surface area contributed by atoms with Gasteiger partial charge in [-0.15, -0.1) is 0 Å². The fraction of sp³-hybridized carbons (Fsp3) is 0.867. The first-order chi connectivity index (χ1) is 9.54. The van der Waals surface area contributed by atoms with E-state index in [-0.39, 0.29) is 23.9 Å². The smallest absolute Gasteiger partial charge is 0.315 e. The van der Waals surface area contributed by atoms with Gasteiger partial charge in [0, 0.05) is 12.6 Å². The molecular formula is C15H28N2O3. The molecule has 5 heteroatoms. The molecule has 0 bridgehead atoms. The van der Waals surface area contributed by atoms with Crippen LogP contribution in [0.1, 0.15) is 58.8 Å². The van der Waals surface area contributed by atoms with Gasteiger partial charge < -0.3 is 15.7 Å². The minimum atomic E-state index is -0.734. The van der Waals surface area contributed by atoms with Gasteiger partial charge in [0.05, 0.1) is 5.92 Å². The molecule has 0 radical (unpaired) electrons. The molecule has 0 aliphatic heterocycles. The molecule has 116 valence electrons. The summed E-state index contributed by atoms with van der Waals surface area (Å²) >= 11 is 0. The van der Waals surface area contributed by atoms with E-state index in [1.165, 1.54) is 12.8 Å². The number of carbonyl (C=O) groups is 2. The first kappa shape index (κ1) is 16.8. The van der Waals surface area contributed by atoms with E-state index < -0.39 is 5.97 Å². The molecule has 1 aliphatic carbocycles. The highest BCUT2D eigenvalue weighted by atomic mass is 16.4. The summed E-state index contributed by atoms with van der Waals surface area (Å²) in [7, 11) is 0. The molecule has 5 nitrogen and oxygen atoms in total. The molecule has 0 aromatic carbocycles. The summed E-state index contributed by atoms with van der Waals surface area (Å²) in [5.41, 5.74) is 0. The fourth-order valence-corrected chi connectivity index (χ4v) is 2.88. The maximum atomic E-state index is 11.7. The Bertz CT molecular complexity index is 320. The van der Waals surface area contributed by atoms with Crippen LogP contribution in [0.4, 0.5) is 4.79 Å². The zero-order valence-electron chi connectivity index (χ0n) is 12.7. The summed E-state index contributed by atoms with van der Waals surface area (Å²) in [5.74, 6) is -0.950. The third-order valence-corrected chi connectivity index (χ3v) is 4.12. The SMILES string of the molecule is CCCCCC(C)NC(=O)NCC1CCCC1C(=O)O. The van der Waals surface area contributed by atoms with Crippen LogP contribution in [-0.2, 0) is 4.79 Å². The molecule has 1 aliphatic rings. The molecule has 0 aromatic heterocycles. The molecule has 3 N–H and O–H groups in total. The van der Waals surface area contributed by atoms with Crippen molar-refractivity contribution in [2.24, 2.45) is 11.8 Å². The van der Waals surface area contributed by atoms with Crippen LogP contribution in [0.2, 0.25) is 0 Å². The van der Waals surface area contributed by atoms with Crippen LogP contribution in [-0.4, -0.2) is 29.7 Å². The van der Waals surface area contributed by atoms with E-state index in [2.05, 4.69) is 17.6 Å². The molecule has 0 aromatic rings. The number of carboxylic acid groups (broad SMARTS) is 1. The van der Waals surface area contributed by atoms with E-state index in [0.29, 0.717) is 6.54 Å². The molecule has 0 heterocycles. The summed E-state index contributed by atoms with van der Waals surface area (Å²) in [6, 6.07) is -0.00886. The van der Waals surface area contributed by atoms with Gasteiger partial charge in [0.2, 0.25) is 0 Å². The lowest BCUT2D eigenvalue weighted by molar-refractivity contribution is -0.142. The Morgan fingerprint density at radius 2 is 2.05 bits per heavy atom. The van der Waals surface area contributed by atoms with Gasteiger partial charge >= 0.3 is 12.0 Å². The number of aliphatic carboxylic acids is 1. The van der Waals surface area contributed by atoms with E-state index >= 15 is 0 Å². The fourth-order valence-electron chi connectivity index (χ4n) is 2.88. The molecule has 0 spiro atoms. The number of carbonyl (C=O) groups excluding carboxylic acids is 1. The van der Waals surface area contributed by atoms with E-state index in [4.69, 9.17) is 5.11 Å². The van der Waals surface area contributed by atoms with Crippen molar-refractivity contribution in [3.05, 3.63) is 0 Å². The van der Waals surface area contributed by atoms with Gasteiger partial charge in [0.15, 0.2) is 0 Å². The van der Waals surface area contributed by atoms with Crippen LogP contribution >= 0.6 is 0 Å². The van der Waals surface area contributed by atoms with Gasteiger partial charge in [-0.05, 0) is 32.1 Å². The minimum Gasteiger partial charge on any atom is -0.481 e. The van der Waals surface area contributed by atoms with Crippen molar-refractivity contribution in [2.75, 3.05) is 6.54 Å². The molecule has 2 amide bonds. The zero-order chi connectivity index (χ0) is 15.0. The van der Waals surface area contributed by atoms with Crippen molar-refractivity contribution in [1.29, 1.82) is 0 Å². The highest BCUT2D eigenvalue weighted by Gasteiger charge is 2.32. The molecular weight excluding hydrogens is 256 g/mol. The third-order valence-electron chi connectivity index (χ3n) is 4.12. The Hall–Kier alpha value is -1.26. The number of hydrogen-bond acceptors (Lipinski definition) is 2. The number of urea groups is 1. The second kappa shape index (κ2) is 8.82. The van der Waals surface area contributed by atoms with Crippen molar-refractivity contribution >= 4 is 12.0 Å². The Morgan fingerprint density at radius 3 is 2.70 bits per heavy atom. The second-order valence-electron chi connectivity index (χ2n) is 5.89. The lowest BCUT2D eigenvalue weighted by Crippen LogP contribution is -2.43. The summed E-state index contributed by atoms with van der Waals surface area (Å²) < 4.78 is 0. The van der Waals surface area contributed by atoms with Crippen molar-refractivity contribution in [3.63, 3.8) is 0 Å². The molecule has 20 heavy (non-hydrogen) atoms. The molecule has 1 fully saturated rings. The molecule has 1 rings (SSSR count). The van der Waals surface area contributed by atoms with E-state index in [1.54, 1.807) is 0 Å². The number of rotatable bonds is 8. The maximum Gasteiger partial charge on any atom is 0.315 e. The first-order valence-corrected chi connectivity index (χ1v) is 7.81. The van der Waals surface area contributed by atoms with Gasteiger partial charge in [0.25, 0.3) is 0 Å². The quantitative estimate of drug-likeness (QED) is 0.600. The molecule has 1 saturated carbocycles. The van der Waals surface area contributed by atoms with Gasteiger partial charge in [-0.3, -0.25) is 4.79 Å². The van der Waals surface area contributed by atoms with Crippen LogP contribution < -0.4 is 10.6 Å². The Balaban J connectivity index is 2.20. The lowest BCUT2D eigenvalue weighted by atomic mass is 9.96. The Labute approximate surface area is 121 Å². The number of unbranched alkanes of at least 4 members (excludes halogenated alkanes) is 2. The Morgan fingerprint density at radius 1 is 1.30 bits per heavy atom. The number of hydrogen-bond donors (Lipinski definition) is 3. The van der Waals surface area contributed by atoms with Crippen molar-refractivity contribution in [3.8, 4) is 0 Å². The summed E-state index contributed by atoms with van der Waals surface area (Å²) in [6.45, 7) is 4.63. The average Bonchev–Trinajstić information content (AvgIpc) is 2.85. The van der Waals surface area contributed by atoms with Crippen molar-refractivity contribution in [2.45, 2.75) is 64.8 Å². The van der Waals surface area contributed by atoms with Crippen molar-refractivity contribution in [1.82, 2.24) is 10.6 Å². The third kappa shape index (κ3) is 5.80. The number of nitrogens with one attached hydrogen (secondary N) is 2. The second-order valence-corrected chi connectivity index (χ2v) is 5.89. The minimum absolute atomic E-state index is 0.0775. The van der Waals surface area contributed by atoms with Gasteiger partial charge in [-0.25, -0.2) is 4.79 Å². The predicted molar refractivity (Wildman–Crippen MR) is 78.6 cm³/mol. The topological polar surface area (TPSA) is 78.4 Å².